The largest absolute Gasteiger partial charge is 0.355 e. The van der Waals surface area contributed by atoms with Crippen LogP contribution >= 0.6 is 23.1 Å². The summed E-state index contributed by atoms with van der Waals surface area (Å²) in [4.78, 5) is 26.4. The van der Waals surface area contributed by atoms with E-state index in [-0.39, 0.29) is 11.8 Å². The molecule has 2 amide bonds. The van der Waals surface area contributed by atoms with E-state index in [4.69, 9.17) is 0 Å². The summed E-state index contributed by atoms with van der Waals surface area (Å²) in [6, 6.07) is 3.98. The molecule has 2 aromatic heterocycles. The first-order valence-electron chi connectivity index (χ1n) is 8.25. The third kappa shape index (κ3) is 4.60. The number of thiophene rings is 1. The second kappa shape index (κ2) is 8.48. The van der Waals surface area contributed by atoms with Crippen molar-refractivity contribution >= 4 is 34.9 Å². The lowest BCUT2D eigenvalue weighted by Crippen LogP contribution is -2.31. The number of aromatic nitrogens is 3. The molecule has 1 N–H and O–H groups in total. The van der Waals surface area contributed by atoms with Gasteiger partial charge in [0.15, 0.2) is 11.0 Å². The first-order valence-corrected chi connectivity index (χ1v) is 10.1. The number of hydrogen-bond donors (Lipinski definition) is 1. The Kier molecular flexibility index (Phi) is 6.09. The molecule has 1 aliphatic rings. The molecular formula is C16H21N5O2S2. The van der Waals surface area contributed by atoms with Gasteiger partial charge in [0.05, 0.1) is 10.6 Å². The van der Waals surface area contributed by atoms with Gasteiger partial charge in [0.2, 0.25) is 11.8 Å². The molecule has 0 aromatic carbocycles. The lowest BCUT2D eigenvalue weighted by molar-refractivity contribution is -0.127. The van der Waals surface area contributed by atoms with Gasteiger partial charge in [-0.1, -0.05) is 17.8 Å². The second-order valence-electron chi connectivity index (χ2n) is 5.82. The highest BCUT2D eigenvalue weighted by Gasteiger charge is 2.19. The molecule has 25 heavy (non-hydrogen) atoms. The zero-order valence-electron chi connectivity index (χ0n) is 14.1. The van der Waals surface area contributed by atoms with Crippen LogP contribution in [0.5, 0.6) is 0 Å². The zero-order valence-corrected chi connectivity index (χ0v) is 15.7. The van der Waals surface area contributed by atoms with Gasteiger partial charge in [0.25, 0.3) is 0 Å². The molecule has 1 aliphatic heterocycles. The summed E-state index contributed by atoms with van der Waals surface area (Å²) in [6.45, 7) is 2.16. The summed E-state index contributed by atoms with van der Waals surface area (Å²) in [5.74, 6) is 1.32. The van der Waals surface area contributed by atoms with Crippen molar-refractivity contribution in [2.45, 2.75) is 24.4 Å². The van der Waals surface area contributed by atoms with Crippen molar-refractivity contribution in [2.75, 3.05) is 25.4 Å². The quantitative estimate of drug-likeness (QED) is 0.558. The molecule has 0 saturated carbocycles. The molecule has 0 atom stereocenters. The fourth-order valence-electron chi connectivity index (χ4n) is 2.68. The van der Waals surface area contributed by atoms with E-state index >= 15 is 0 Å². The Morgan fingerprint density at radius 2 is 2.32 bits per heavy atom. The fraction of sp³-hybridized carbons (Fsp3) is 0.500. The number of rotatable bonds is 8. The van der Waals surface area contributed by atoms with Crippen LogP contribution in [0, 0.1) is 0 Å². The summed E-state index contributed by atoms with van der Waals surface area (Å²) in [5, 5.41) is 14.0. The maximum Gasteiger partial charge on any atom is 0.230 e. The topological polar surface area (TPSA) is 80.1 Å². The van der Waals surface area contributed by atoms with Crippen molar-refractivity contribution in [3.63, 3.8) is 0 Å². The lowest BCUT2D eigenvalue weighted by atomic mass is 10.4. The molecule has 0 spiro atoms. The highest BCUT2D eigenvalue weighted by Crippen LogP contribution is 2.25. The Morgan fingerprint density at radius 1 is 1.44 bits per heavy atom. The van der Waals surface area contributed by atoms with Gasteiger partial charge in [-0.05, 0) is 24.3 Å². The van der Waals surface area contributed by atoms with Crippen molar-refractivity contribution in [1.82, 2.24) is 25.0 Å². The smallest absolute Gasteiger partial charge is 0.230 e. The van der Waals surface area contributed by atoms with E-state index in [1.54, 1.807) is 11.3 Å². The van der Waals surface area contributed by atoms with E-state index in [2.05, 4.69) is 15.5 Å². The number of amides is 2. The van der Waals surface area contributed by atoms with Crippen LogP contribution in [-0.4, -0.2) is 56.9 Å². The predicted molar refractivity (Wildman–Crippen MR) is 98.5 cm³/mol. The number of carbonyl (C=O) groups is 2. The molecule has 1 saturated heterocycles. The minimum Gasteiger partial charge on any atom is -0.355 e. The highest BCUT2D eigenvalue weighted by atomic mass is 32.2. The number of nitrogens with one attached hydrogen (secondary N) is 1. The van der Waals surface area contributed by atoms with Gasteiger partial charge in [-0.2, -0.15) is 0 Å². The molecule has 0 radical (unpaired) electrons. The van der Waals surface area contributed by atoms with E-state index in [1.807, 2.05) is 34.0 Å². The normalized spacial score (nSPS) is 14.3. The first kappa shape index (κ1) is 17.9. The van der Waals surface area contributed by atoms with Crippen LogP contribution in [0.1, 0.15) is 19.3 Å². The predicted octanol–water partition coefficient (Wildman–Crippen LogP) is 1.76. The molecule has 9 heteroatoms. The van der Waals surface area contributed by atoms with Crippen LogP contribution in [0.3, 0.4) is 0 Å². The van der Waals surface area contributed by atoms with E-state index in [0.717, 1.165) is 41.8 Å². The van der Waals surface area contributed by atoms with E-state index in [1.165, 1.54) is 11.8 Å². The van der Waals surface area contributed by atoms with Crippen LogP contribution in [0.15, 0.2) is 22.7 Å². The summed E-state index contributed by atoms with van der Waals surface area (Å²) in [6.07, 6.45) is 2.40. The van der Waals surface area contributed by atoms with Gasteiger partial charge < -0.3 is 14.8 Å². The van der Waals surface area contributed by atoms with Gasteiger partial charge in [-0.3, -0.25) is 9.59 Å². The number of nitrogens with zero attached hydrogens (tertiary/aromatic N) is 4. The lowest BCUT2D eigenvalue weighted by Gasteiger charge is -2.15. The molecule has 0 bridgehead atoms. The Balaban J connectivity index is 1.38. The first-order chi connectivity index (χ1) is 12.1. The van der Waals surface area contributed by atoms with Crippen molar-refractivity contribution in [3.05, 3.63) is 17.5 Å². The zero-order chi connectivity index (χ0) is 17.6. The van der Waals surface area contributed by atoms with Crippen molar-refractivity contribution < 1.29 is 9.59 Å². The Labute approximate surface area is 154 Å². The molecule has 1 fully saturated rings. The summed E-state index contributed by atoms with van der Waals surface area (Å²) < 4.78 is 1.91. The van der Waals surface area contributed by atoms with Gasteiger partial charge in [0, 0.05) is 33.1 Å². The van der Waals surface area contributed by atoms with Gasteiger partial charge in [-0.15, -0.1) is 21.5 Å². The summed E-state index contributed by atoms with van der Waals surface area (Å²) in [7, 11) is 1.91. The van der Waals surface area contributed by atoms with Gasteiger partial charge in [0.1, 0.15) is 0 Å². The summed E-state index contributed by atoms with van der Waals surface area (Å²) >= 11 is 2.99. The minimum absolute atomic E-state index is 0.0292. The van der Waals surface area contributed by atoms with Crippen molar-refractivity contribution in [1.29, 1.82) is 0 Å². The molecule has 7 nitrogen and oxygen atoms in total. The molecule has 2 aromatic rings. The van der Waals surface area contributed by atoms with Crippen LogP contribution < -0.4 is 5.32 Å². The average molecular weight is 380 g/mol. The van der Waals surface area contributed by atoms with E-state index < -0.39 is 0 Å². The standard InChI is InChI=1S/C16H21N5O2S2/c1-20-15(12-5-3-10-24-12)18-19-16(20)25-11-13(22)17-7-4-9-21-8-2-6-14(21)23/h3,5,10H,2,4,6-9,11H2,1H3,(H,17,22). The van der Waals surface area contributed by atoms with Crippen molar-refractivity contribution in [3.8, 4) is 10.7 Å². The number of thioether (sulfide) groups is 1. The SMILES string of the molecule is Cn1c(SCC(=O)NCCCN2CCCC2=O)nnc1-c1cccs1. The Bertz CT molecular complexity index is 729. The fourth-order valence-corrected chi connectivity index (χ4v) is 4.17. The van der Waals surface area contributed by atoms with E-state index in [9.17, 15) is 9.59 Å². The molecular weight excluding hydrogens is 358 g/mol. The van der Waals surface area contributed by atoms with Crippen molar-refractivity contribution in [2.24, 2.45) is 7.05 Å². The molecule has 0 aliphatic carbocycles. The number of carbonyl (C=O) groups excluding carboxylic acids is 2. The molecule has 0 unspecified atom stereocenters. The van der Waals surface area contributed by atoms with Gasteiger partial charge >= 0.3 is 0 Å². The summed E-state index contributed by atoms with van der Waals surface area (Å²) in [5.41, 5.74) is 0. The van der Waals surface area contributed by atoms with Crippen LogP contribution in [0.4, 0.5) is 0 Å². The van der Waals surface area contributed by atoms with Crippen LogP contribution in [0.25, 0.3) is 10.7 Å². The third-order valence-electron chi connectivity index (χ3n) is 4.01. The second-order valence-corrected chi connectivity index (χ2v) is 7.71. The Morgan fingerprint density at radius 3 is 3.04 bits per heavy atom. The minimum atomic E-state index is -0.0292. The molecule has 3 heterocycles. The number of likely N-dealkylation sites (tertiary alicyclic amines) is 1. The van der Waals surface area contributed by atoms with E-state index in [0.29, 0.717) is 18.7 Å². The molecule has 134 valence electrons. The van der Waals surface area contributed by atoms with Crippen LogP contribution in [-0.2, 0) is 16.6 Å². The molecule has 3 rings (SSSR count). The number of hydrogen-bond acceptors (Lipinski definition) is 6. The average Bonchev–Trinajstić information content (AvgIpc) is 3.32. The van der Waals surface area contributed by atoms with Crippen LogP contribution in [0.2, 0.25) is 0 Å². The maximum absolute atomic E-state index is 12.0. The Hall–Kier alpha value is -1.87. The van der Waals surface area contributed by atoms with Gasteiger partial charge in [-0.25, -0.2) is 0 Å². The monoisotopic (exact) mass is 379 g/mol. The third-order valence-corrected chi connectivity index (χ3v) is 5.89. The maximum atomic E-state index is 12.0. The highest BCUT2D eigenvalue weighted by molar-refractivity contribution is 7.99.